The lowest BCUT2D eigenvalue weighted by molar-refractivity contribution is 0.102. The number of anilines is 2. The maximum Gasteiger partial charge on any atom is 0.273 e. The average Bonchev–Trinajstić information content (AvgIpc) is 2.78. The van der Waals surface area contributed by atoms with E-state index in [9.17, 15) is 9.18 Å². The highest BCUT2D eigenvalue weighted by atomic mass is 19.1. The number of aromatic nitrogens is 2. The van der Waals surface area contributed by atoms with Crippen molar-refractivity contribution < 1.29 is 9.18 Å². The summed E-state index contributed by atoms with van der Waals surface area (Å²) in [6, 6.07) is 6.76. The van der Waals surface area contributed by atoms with Crippen LogP contribution >= 0.6 is 0 Å². The number of benzene rings is 1. The fraction of sp³-hybridized carbons (Fsp3) is 0. The second-order valence-corrected chi connectivity index (χ2v) is 3.47. The third-order valence-electron chi connectivity index (χ3n) is 2.19. The minimum atomic E-state index is -0.638. The number of nitrogens with two attached hydrogens (primary N) is 1. The van der Waals surface area contributed by atoms with Crippen molar-refractivity contribution in [3.63, 3.8) is 0 Å². The molecule has 1 amide bonds. The molecule has 0 spiro atoms. The van der Waals surface area contributed by atoms with Gasteiger partial charge in [-0.2, -0.15) is 10.4 Å². The predicted octanol–water partition coefficient (Wildman–Crippen LogP) is 1.25. The van der Waals surface area contributed by atoms with Crippen LogP contribution in [0.4, 0.5) is 15.9 Å². The van der Waals surface area contributed by atoms with Gasteiger partial charge in [-0.15, -0.1) is 0 Å². The number of nitriles is 1. The van der Waals surface area contributed by atoms with Crippen molar-refractivity contribution in [1.82, 2.24) is 10.2 Å². The molecule has 0 unspecified atom stereocenters. The number of H-pyrrole nitrogens is 1. The number of carbonyl (C=O) groups is 1. The van der Waals surface area contributed by atoms with E-state index >= 15 is 0 Å². The number of halogens is 1. The normalized spacial score (nSPS) is 9.78. The highest BCUT2D eigenvalue weighted by molar-refractivity contribution is 6.03. The molecule has 0 radical (unpaired) electrons. The molecule has 6 nitrogen and oxygen atoms in total. The van der Waals surface area contributed by atoms with Crippen LogP contribution in [0.2, 0.25) is 0 Å². The van der Waals surface area contributed by atoms with Crippen LogP contribution in [-0.4, -0.2) is 16.1 Å². The Hall–Kier alpha value is -2.88. The second-order valence-electron chi connectivity index (χ2n) is 3.47. The summed E-state index contributed by atoms with van der Waals surface area (Å²) in [6.45, 7) is 0. The first-order chi connectivity index (χ1) is 8.60. The van der Waals surface area contributed by atoms with E-state index < -0.39 is 11.7 Å². The number of aromatic amines is 1. The molecule has 1 heterocycles. The number of nitrogens with one attached hydrogen (secondary N) is 2. The van der Waals surface area contributed by atoms with Gasteiger partial charge in [0.05, 0.1) is 5.56 Å². The van der Waals surface area contributed by atoms with Crippen molar-refractivity contribution >= 4 is 17.4 Å². The van der Waals surface area contributed by atoms with Gasteiger partial charge in [-0.1, -0.05) is 0 Å². The molecular weight excluding hydrogens is 237 g/mol. The number of rotatable bonds is 2. The Kier molecular flexibility index (Phi) is 2.93. The molecule has 90 valence electrons. The van der Waals surface area contributed by atoms with Crippen LogP contribution in [0.15, 0.2) is 24.3 Å². The van der Waals surface area contributed by atoms with Gasteiger partial charge >= 0.3 is 0 Å². The molecule has 0 saturated heterocycles. The first-order valence-corrected chi connectivity index (χ1v) is 4.92. The van der Waals surface area contributed by atoms with E-state index in [0.717, 1.165) is 6.07 Å². The zero-order valence-electron chi connectivity index (χ0n) is 9.07. The fourth-order valence-corrected chi connectivity index (χ4v) is 1.34. The van der Waals surface area contributed by atoms with E-state index in [4.69, 9.17) is 11.0 Å². The first-order valence-electron chi connectivity index (χ1n) is 4.92. The summed E-state index contributed by atoms with van der Waals surface area (Å²) in [7, 11) is 0. The van der Waals surface area contributed by atoms with Crippen LogP contribution in [-0.2, 0) is 0 Å². The number of nitrogens with zero attached hydrogens (tertiary/aromatic N) is 2. The number of hydrogen-bond acceptors (Lipinski definition) is 4. The topological polar surface area (TPSA) is 108 Å². The minimum Gasteiger partial charge on any atom is -0.382 e. The average molecular weight is 245 g/mol. The van der Waals surface area contributed by atoms with Crippen LogP contribution in [0.3, 0.4) is 0 Å². The third-order valence-corrected chi connectivity index (χ3v) is 2.19. The van der Waals surface area contributed by atoms with Crippen LogP contribution in [0.5, 0.6) is 0 Å². The Bertz CT molecular complexity index is 643. The molecule has 0 bridgehead atoms. The van der Waals surface area contributed by atoms with Crippen LogP contribution < -0.4 is 11.1 Å². The number of carbonyl (C=O) groups excluding carboxylic acids is 1. The minimum absolute atomic E-state index is 0.142. The lowest BCUT2D eigenvalue weighted by atomic mass is 10.2. The molecule has 0 saturated carbocycles. The summed E-state index contributed by atoms with van der Waals surface area (Å²) in [4.78, 5) is 11.7. The van der Waals surface area contributed by atoms with Crippen LogP contribution in [0.1, 0.15) is 16.1 Å². The largest absolute Gasteiger partial charge is 0.382 e. The Morgan fingerprint density at radius 3 is 2.89 bits per heavy atom. The Morgan fingerprint density at radius 2 is 2.28 bits per heavy atom. The van der Waals surface area contributed by atoms with Gasteiger partial charge in [0, 0.05) is 11.8 Å². The molecular formula is C11H8FN5O. The Morgan fingerprint density at radius 1 is 1.50 bits per heavy atom. The van der Waals surface area contributed by atoms with Crippen molar-refractivity contribution in [2.75, 3.05) is 11.1 Å². The van der Waals surface area contributed by atoms with Gasteiger partial charge in [-0.05, 0) is 18.2 Å². The predicted molar refractivity (Wildman–Crippen MR) is 62.1 cm³/mol. The monoisotopic (exact) mass is 245 g/mol. The molecule has 0 atom stereocenters. The summed E-state index contributed by atoms with van der Waals surface area (Å²) in [5.74, 6) is -0.923. The quantitative estimate of drug-likeness (QED) is 0.739. The highest BCUT2D eigenvalue weighted by Gasteiger charge is 2.10. The van der Waals surface area contributed by atoms with E-state index in [2.05, 4.69) is 15.5 Å². The van der Waals surface area contributed by atoms with Gasteiger partial charge in [0.15, 0.2) is 0 Å². The summed E-state index contributed by atoms with van der Waals surface area (Å²) in [5, 5.41) is 17.2. The van der Waals surface area contributed by atoms with Gasteiger partial charge in [-0.25, -0.2) is 4.39 Å². The van der Waals surface area contributed by atoms with Crippen LogP contribution in [0, 0.1) is 17.1 Å². The summed E-state index contributed by atoms with van der Waals surface area (Å²) in [5.41, 5.74) is 5.71. The van der Waals surface area contributed by atoms with Gasteiger partial charge in [0.2, 0.25) is 0 Å². The Labute approximate surface area is 101 Å². The smallest absolute Gasteiger partial charge is 0.273 e. The summed E-state index contributed by atoms with van der Waals surface area (Å²) >= 11 is 0. The molecule has 2 rings (SSSR count). The molecule has 2 aromatic rings. The molecule has 18 heavy (non-hydrogen) atoms. The number of amides is 1. The van der Waals surface area contributed by atoms with Crippen molar-refractivity contribution in [2.24, 2.45) is 0 Å². The van der Waals surface area contributed by atoms with E-state index in [0.29, 0.717) is 5.69 Å². The van der Waals surface area contributed by atoms with Crippen molar-refractivity contribution in [3.8, 4) is 6.07 Å². The highest BCUT2D eigenvalue weighted by Crippen LogP contribution is 2.14. The van der Waals surface area contributed by atoms with E-state index in [-0.39, 0.29) is 17.1 Å². The first kappa shape index (κ1) is 11.6. The molecule has 0 aliphatic heterocycles. The summed E-state index contributed by atoms with van der Waals surface area (Å²) < 4.78 is 13.1. The second kappa shape index (κ2) is 4.55. The molecule has 0 fully saturated rings. The maximum atomic E-state index is 13.1. The van der Waals surface area contributed by atoms with Crippen LogP contribution in [0.25, 0.3) is 0 Å². The molecule has 1 aromatic heterocycles. The number of hydrogen-bond donors (Lipinski definition) is 3. The number of nitrogen functional groups attached to an aromatic ring is 1. The summed E-state index contributed by atoms with van der Waals surface area (Å²) in [6.07, 6.45) is 0. The van der Waals surface area contributed by atoms with Gasteiger partial charge < -0.3 is 11.1 Å². The molecule has 0 aliphatic carbocycles. The lowest BCUT2D eigenvalue weighted by Crippen LogP contribution is -2.12. The lowest BCUT2D eigenvalue weighted by Gasteiger charge is -2.03. The van der Waals surface area contributed by atoms with Crippen molar-refractivity contribution in [2.45, 2.75) is 0 Å². The zero-order chi connectivity index (χ0) is 13.1. The fourth-order valence-electron chi connectivity index (χ4n) is 1.34. The van der Waals surface area contributed by atoms with Crippen molar-refractivity contribution in [3.05, 3.63) is 41.3 Å². The standard InChI is InChI=1S/C11H8FN5O/c12-8-2-1-7(3-6(8)5-13)15-11(18)9-4-10(14)17-16-9/h1-4H,(H,15,18)(H3,14,16,17). The van der Waals surface area contributed by atoms with Gasteiger partial charge in [-0.3, -0.25) is 9.89 Å². The Balaban J connectivity index is 2.20. The van der Waals surface area contributed by atoms with Crippen molar-refractivity contribution in [1.29, 1.82) is 5.26 Å². The van der Waals surface area contributed by atoms with E-state index in [1.165, 1.54) is 18.2 Å². The maximum absolute atomic E-state index is 13.1. The molecule has 4 N–H and O–H groups in total. The molecule has 0 aliphatic rings. The third kappa shape index (κ3) is 2.27. The SMILES string of the molecule is N#Cc1cc(NC(=O)c2cc(N)n[nH]2)ccc1F. The van der Waals surface area contributed by atoms with E-state index in [1.807, 2.05) is 0 Å². The molecule has 7 heteroatoms. The molecule has 1 aromatic carbocycles. The van der Waals surface area contributed by atoms with Gasteiger partial charge in [0.1, 0.15) is 23.4 Å². The van der Waals surface area contributed by atoms with Gasteiger partial charge in [0.25, 0.3) is 5.91 Å². The van der Waals surface area contributed by atoms with E-state index in [1.54, 1.807) is 6.07 Å². The zero-order valence-corrected chi connectivity index (χ0v) is 9.07.